The zero-order valence-electron chi connectivity index (χ0n) is 14.9. The van der Waals surface area contributed by atoms with Crippen LogP contribution >= 0.6 is 0 Å². The summed E-state index contributed by atoms with van der Waals surface area (Å²) in [5.41, 5.74) is 1.35. The lowest BCUT2D eigenvalue weighted by molar-refractivity contribution is -0.123. The molecule has 27 heavy (non-hydrogen) atoms. The Labute approximate surface area is 156 Å². The number of hydrogen-bond acceptors (Lipinski definition) is 7. The number of morpholine rings is 1. The van der Waals surface area contributed by atoms with Crippen molar-refractivity contribution in [3.05, 3.63) is 36.2 Å². The molecule has 0 aliphatic carbocycles. The van der Waals surface area contributed by atoms with Crippen molar-refractivity contribution in [2.24, 2.45) is 0 Å². The number of nitrogens with one attached hydrogen (secondary N) is 2. The highest BCUT2D eigenvalue weighted by atomic mass is 16.5. The largest absolute Gasteiger partial charge is 0.394 e. The number of hydrogen-bond donors (Lipinski definition) is 3. The number of aliphatic hydroxyl groups is 1. The number of carbonyl (C=O) groups excluding carboxylic acids is 2. The second kappa shape index (κ2) is 9.36. The third-order valence-electron chi connectivity index (χ3n) is 4.32. The molecule has 1 aliphatic rings. The summed E-state index contributed by atoms with van der Waals surface area (Å²) >= 11 is 0. The van der Waals surface area contributed by atoms with Crippen LogP contribution in [0.25, 0.3) is 11.0 Å². The summed E-state index contributed by atoms with van der Waals surface area (Å²) in [7, 11) is 0. The van der Waals surface area contributed by atoms with Gasteiger partial charge in [-0.3, -0.25) is 19.5 Å². The molecule has 1 fully saturated rings. The maximum absolute atomic E-state index is 12.4. The van der Waals surface area contributed by atoms with Gasteiger partial charge in [0.15, 0.2) is 0 Å². The van der Waals surface area contributed by atoms with Gasteiger partial charge in [0.25, 0.3) is 5.91 Å². The fourth-order valence-electron chi connectivity index (χ4n) is 2.78. The van der Waals surface area contributed by atoms with Gasteiger partial charge in [-0.2, -0.15) is 0 Å². The van der Waals surface area contributed by atoms with Gasteiger partial charge >= 0.3 is 0 Å². The molecule has 0 spiro atoms. The molecule has 1 saturated heterocycles. The molecule has 1 unspecified atom stereocenters. The third kappa shape index (κ3) is 5.19. The van der Waals surface area contributed by atoms with Crippen molar-refractivity contribution in [1.82, 2.24) is 25.5 Å². The van der Waals surface area contributed by atoms with Crippen LogP contribution in [0.1, 0.15) is 10.5 Å². The van der Waals surface area contributed by atoms with Crippen LogP contribution in [0, 0.1) is 0 Å². The number of carbonyl (C=O) groups is 2. The maximum Gasteiger partial charge on any atom is 0.272 e. The highest BCUT2D eigenvalue weighted by molar-refractivity contribution is 5.97. The second-order valence-electron chi connectivity index (χ2n) is 6.20. The summed E-state index contributed by atoms with van der Waals surface area (Å²) in [5, 5.41) is 14.7. The smallest absolute Gasteiger partial charge is 0.272 e. The molecule has 1 aromatic carbocycles. The maximum atomic E-state index is 12.4. The SMILES string of the molecule is O=C(NC(CO)C(=O)NCCN1CCOCC1)c1cnc2ccccc2n1. The van der Waals surface area contributed by atoms with Crippen LogP contribution in [-0.4, -0.2) is 83.8 Å². The lowest BCUT2D eigenvalue weighted by Crippen LogP contribution is -2.50. The molecule has 9 nitrogen and oxygen atoms in total. The Morgan fingerprint density at radius 1 is 1.22 bits per heavy atom. The first-order valence-electron chi connectivity index (χ1n) is 8.88. The predicted octanol–water partition coefficient (Wildman–Crippen LogP) is -0.831. The van der Waals surface area contributed by atoms with Crippen LogP contribution in [0.4, 0.5) is 0 Å². The molecular formula is C18H23N5O4. The number of fused-ring (bicyclic) bond motifs is 1. The molecule has 1 atom stereocenters. The average Bonchev–Trinajstić information content (AvgIpc) is 2.72. The zero-order valence-corrected chi connectivity index (χ0v) is 14.9. The molecule has 2 aromatic rings. The van der Waals surface area contributed by atoms with Crippen LogP contribution in [0.15, 0.2) is 30.5 Å². The molecule has 2 heterocycles. The highest BCUT2D eigenvalue weighted by Gasteiger charge is 2.21. The molecule has 3 rings (SSSR count). The predicted molar refractivity (Wildman–Crippen MR) is 98.1 cm³/mol. The summed E-state index contributed by atoms with van der Waals surface area (Å²) in [5.74, 6) is -0.997. The van der Waals surface area contributed by atoms with E-state index >= 15 is 0 Å². The van der Waals surface area contributed by atoms with Crippen LogP contribution in [-0.2, 0) is 9.53 Å². The minimum Gasteiger partial charge on any atom is -0.394 e. The summed E-state index contributed by atoms with van der Waals surface area (Å²) in [6.07, 6.45) is 1.35. The highest BCUT2D eigenvalue weighted by Crippen LogP contribution is 2.08. The normalized spacial score (nSPS) is 16.0. The zero-order chi connectivity index (χ0) is 19.1. The van der Waals surface area contributed by atoms with Crippen LogP contribution < -0.4 is 10.6 Å². The average molecular weight is 373 g/mol. The third-order valence-corrected chi connectivity index (χ3v) is 4.32. The van der Waals surface area contributed by atoms with Crippen LogP contribution in [0.5, 0.6) is 0 Å². The Hall–Kier alpha value is -2.62. The summed E-state index contributed by atoms with van der Waals surface area (Å²) in [6, 6.07) is 6.14. The van der Waals surface area contributed by atoms with E-state index in [9.17, 15) is 14.7 Å². The standard InChI is InChI=1S/C18H23N5O4/c24-12-16(17(25)19-5-6-23-7-9-27-10-8-23)22-18(26)15-11-20-13-3-1-2-4-14(13)21-15/h1-4,11,16,24H,5-10,12H2,(H,19,25)(H,22,26). The van der Waals surface area contributed by atoms with Gasteiger partial charge in [0.05, 0.1) is 37.1 Å². The van der Waals surface area contributed by atoms with Gasteiger partial charge in [0.2, 0.25) is 5.91 Å². The van der Waals surface area contributed by atoms with Crippen molar-refractivity contribution in [1.29, 1.82) is 0 Å². The molecule has 0 saturated carbocycles. The first kappa shape index (κ1) is 19.2. The van der Waals surface area contributed by atoms with Crippen molar-refractivity contribution in [3.8, 4) is 0 Å². The fraction of sp³-hybridized carbons (Fsp3) is 0.444. The molecule has 0 bridgehead atoms. The molecule has 1 aromatic heterocycles. The van der Waals surface area contributed by atoms with Crippen molar-refractivity contribution in [3.63, 3.8) is 0 Å². The number of ether oxygens (including phenoxy) is 1. The minimum absolute atomic E-state index is 0.0910. The number of aromatic nitrogens is 2. The first-order valence-corrected chi connectivity index (χ1v) is 8.88. The molecular weight excluding hydrogens is 350 g/mol. The Morgan fingerprint density at radius 2 is 1.96 bits per heavy atom. The van der Waals surface area contributed by atoms with Crippen molar-refractivity contribution < 1.29 is 19.4 Å². The van der Waals surface area contributed by atoms with Crippen molar-refractivity contribution in [2.75, 3.05) is 46.0 Å². The summed E-state index contributed by atoms with van der Waals surface area (Å²) in [4.78, 5) is 35.2. The van der Waals surface area contributed by atoms with E-state index in [1.807, 2.05) is 6.07 Å². The Kier molecular flexibility index (Phi) is 6.64. The minimum atomic E-state index is -1.05. The van der Waals surface area contributed by atoms with Crippen LogP contribution in [0.2, 0.25) is 0 Å². The van der Waals surface area contributed by atoms with E-state index < -0.39 is 24.5 Å². The fourth-order valence-corrected chi connectivity index (χ4v) is 2.78. The molecule has 3 N–H and O–H groups in total. The summed E-state index contributed by atoms with van der Waals surface area (Å²) in [6.45, 7) is 3.66. The molecule has 144 valence electrons. The summed E-state index contributed by atoms with van der Waals surface area (Å²) < 4.78 is 5.27. The number of benzene rings is 1. The number of para-hydroxylation sites is 2. The molecule has 0 radical (unpaired) electrons. The van der Waals surface area contributed by atoms with E-state index in [0.29, 0.717) is 37.3 Å². The Morgan fingerprint density at radius 3 is 2.70 bits per heavy atom. The van der Waals surface area contributed by atoms with Gasteiger partial charge in [0, 0.05) is 26.2 Å². The number of aliphatic hydroxyl groups excluding tert-OH is 1. The Balaban J connectivity index is 1.52. The van der Waals surface area contributed by atoms with E-state index in [4.69, 9.17) is 4.74 Å². The van der Waals surface area contributed by atoms with Gasteiger partial charge in [-0.25, -0.2) is 4.98 Å². The van der Waals surface area contributed by atoms with E-state index in [0.717, 1.165) is 13.1 Å². The molecule has 1 aliphatic heterocycles. The Bertz CT molecular complexity index is 794. The van der Waals surface area contributed by atoms with E-state index in [1.54, 1.807) is 18.2 Å². The lowest BCUT2D eigenvalue weighted by Gasteiger charge is -2.26. The number of nitrogens with zero attached hydrogens (tertiary/aromatic N) is 3. The van der Waals surface area contributed by atoms with Crippen molar-refractivity contribution >= 4 is 22.8 Å². The quantitative estimate of drug-likeness (QED) is 0.580. The van der Waals surface area contributed by atoms with Crippen molar-refractivity contribution in [2.45, 2.75) is 6.04 Å². The van der Waals surface area contributed by atoms with Gasteiger partial charge in [-0.15, -0.1) is 0 Å². The van der Waals surface area contributed by atoms with Gasteiger partial charge in [0.1, 0.15) is 11.7 Å². The topological polar surface area (TPSA) is 117 Å². The van der Waals surface area contributed by atoms with Gasteiger partial charge in [-0.1, -0.05) is 12.1 Å². The van der Waals surface area contributed by atoms with Crippen LogP contribution in [0.3, 0.4) is 0 Å². The number of amides is 2. The lowest BCUT2D eigenvalue weighted by atomic mass is 10.2. The van der Waals surface area contributed by atoms with E-state index in [2.05, 4.69) is 25.5 Å². The van der Waals surface area contributed by atoms with Gasteiger partial charge in [-0.05, 0) is 12.1 Å². The van der Waals surface area contributed by atoms with Gasteiger partial charge < -0.3 is 20.5 Å². The number of rotatable bonds is 7. The molecule has 2 amide bonds. The van der Waals surface area contributed by atoms with E-state index in [1.165, 1.54) is 6.20 Å². The first-order chi connectivity index (χ1) is 13.2. The van der Waals surface area contributed by atoms with E-state index in [-0.39, 0.29) is 5.69 Å². The monoisotopic (exact) mass is 373 g/mol. The second-order valence-corrected chi connectivity index (χ2v) is 6.20. The molecule has 9 heteroatoms.